The summed E-state index contributed by atoms with van der Waals surface area (Å²) in [6.07, 6.45) is 0. The highest BCUT2D eigenvalue weighted by atomic mass is 35.5. The van der Waals surface area contributed by atoms with Crippen molar-refractivity contribution in [2.75, 3.05) is 14.2 Å². The zero-order valence-electron chi connectivity index (χ0n) is 12.5. The Morgan fingerprint density at radius 1 is 0.952 bits per heavy atom. The molecule has 2 aromatic rings. The summed E-state index contributed by atoms with van der Waals surface area (Å²) >= 11 is 13.0. The number of methoxy groups -OCH3 is 2. The number of hydrogen-bond acceptors (Lipinski definition) is 2. The van der Waals surface area contributed by atoms with E-state index in [1.807, 2.05) is 19.9 Å². The molecular weight excluding hydrogens is 307 g/mol. The van der Waals surface area contributed by atoms with Crippen LogP contribution >= 0.6 is 23.2 Å². The summed E-state index contributed by atoms with van der Waals surface area (Å²) in [5.41, 5.74) is 4.18. The van der Waals surface area contributed by atoms with Crippen LogP contribution in [0.15, 0.2) is 30.3 Å². The molecule has 0 spiro atoms. The molecule has 112 valence electrons. The fourth-order valence-corrected chi connectivity index (χ4v) is 3.05. The van der Waals surface area contributed by atoms with E-state index >= 15 is 0 Å². The van der Waals surface area contributed by atoms with Crippen molar-refractivity contribution in [1.82, 2.24) is 0 Å². The number of rotatable bonds is 4. The molecule has 21 heavy (non-hydrogen) atoms. The fourth-order valence-electron chi connectivity index (χ4n) is 2.32. The Balaban J connectivity index is 2.55. The third kappa shape index (κ3) is 3.12. The SMILES string of the molecule is COc1ccc(C(Cl)c2cc(C)ccc2C)c(OC)c1Cl. The molecule has 0 saturated carbocycles. The molecule has 0 saturated heterocycles. The van der Waals surface area contributed by atoms with Crippen LogP contribution in [-0.4, -0.2) is 14.2 Å². The summed E-state index contributed by atoms with van der Waals surface area (Å²) < 4.78 is 10.7. The molecule has 1 unspecified atom stereocenters. The molecule has 0 fully saturated rings. The summed E-state index contributed by atoms with van der Waals surface area (Å²) in [7, 11) is 3.15. The summed E-state index contributed by atoms with van der Waals surface area (Å²) in [5.74, 6) is 1.12. The minimum atomic E-state index is -0.330. The molecule has 0 aliphatic rings. The average molecular weight is 325 g/mol. The van der Waals surface area contributed by atoms with E-state index in [4.69, 9.17) is 32.7 Å². The minimum absolute atomic E-state index is 0.330. The normalized spacial score (nSPS) is 12.1. The lowest BCUT2D eigenvalue weighted by atomic mass is 9.97. The van der Waals surface area contributed by atoms with Gasteiger partial charge in [0.15, 0.2) is 0 Å². The Labute approximate surface area is 135 Å². The Morgan fingerprint density at radius 3 is 2.29 bits per heavy atom. The van der Waals surface area contributed by atoms with E-state index in [9.17, 15) is 0 Å². The zero-order valence-corrected chi connectivity index (χ0v) is 14.0. The summed E-state index contributed by atoms with van der Waals surface area (Å²) in [6, 6.07) is 9.92. The zero-order chi connectivity index (χ0) is 15.6. The molecule has 0 aromatic heterocycles. The topological polar surface area (TPSA) is 18.5 Å². The van der Waals surface area contributed by atoms with Crippen molar-refractivity contribution in [3.05, 3.63) is 57.6 Å². The summed E-state index contributed by atoms with van der Waals surface area (Å²) in [6.45, 7) is 4.09. The lowest BCUT2D eigenvalue weighted by Crippen LogP contribution is -2.01. The number of hydrogen-bond donors (Lipinski definition) is 0. The second-order valence-electron chi connectivity index (χ2n) is 4.93. The number of ether oxygens (including phenoxy) is 2. The maximum Gasteiger partial charge on any atom is 0.146 e. The van der Waals surface area contributed by atoms with E-state index in [1.165, 1.54) is 5.56 Å². The fraction of sp³-hybridized carbons (Fsp3) is 0.294. The predicted octanol–water partition coefficient (Wildman–Crippen LogP) is 5.30. The van der Waals surface area contributed by atoms with Gasteiger partial charge in [0.1, 0.15) is 16.5 Å². The first-order valence-corrected chi connectivity index (χ1v) is 7.42. The molecule has 2 rings (SSSR count). The molecule has 0 N–H and O–H groups in total. The van der Waals surface area contributed by atoms with E-state index in [0.29, 0.717) is 16.5 Å². The first-order chi connectivity index (χ1) is 9.99. The Hall–Kier alpha value is -1.38. The predicted molar refractivity (Wildman–Crippen MR) is 88.2 cm³/mol. The van der Waals surface area contributed by atoms with Crippen molar-refractivity contribution in [1.29, 1.82) is 0 Å². The van der Waals surface area contributed by atoms with Gasteiger partial charge in [-0.05, 0) is 37.1 Å². The molecule has 0 bridgehead atoms. The van der Waals surface area contributed by atoms with E-state index in [1.54, 1.807) is 20.3 Å². The van der Waals surface area contributed by atoms with Gasteiger partial charge in [-0.1, -0.05) is 35.4 Å². The molecular formula is C17H18Cl2O2. The smallest absolute Gasteiger partial charge is 0.146 e. The van der Waals surface area contributed by atoms with Gasteiger partial charge in [-0.15, -0.1) is 11.6 Å². The van der Waals surface area contributed by atoms with Crippen LogP contribution < -0.4 is 9.47 Å². The van der Waals surface area contributed by atoms with Gasteiger partial charge in [0.2, 0.25) is 0 Å². The highest BCUT2D eigenvalue weighted by Crippen LogP contribution is 2.43. The van der Waals surface area contributed by atoms with Crippen molar-refractivity contribution >= 4 is 23.2 Å². The lowest BCUT2D eigenvalue weighted by molar-refractivity contribution is 0.392. The van der Waals surface area contributed by atoms with Crippen LogP contribution in [0.2, 0.25) is 5.02 Å². The van der Waals surface area contributed by atoms with E-state index < -0.39 is 0 Å². The molecule has 0 radical (unpaired) electrons. The van der Waals surface area contributed by atoms with Crippen molar-refractivity contribution in [3.8, 4) is 11.5 Å². The van der Waals surface area contributed by atoms with Gasteiger partial charge in [-0.2, -0.15) is 0 Å². The third-order valence-corrected chi connectivity index (χ3v) is 4.33. The van der Waals surface area contributed by atoms with Crippen LogP contribution in [0.25, 0.3) is 0 Å². The van der Waals surface area contributed by atoms with Gasteiger partial charge in [-0.3, -0.25) is 0 Å². The molecule has 1 atom stereocenters. The molecule has 4 heteroatoms. The minimum Gasteiger partial charge on any atom is -0.495 e. The van der Waals surface area contributed by atoms with Crippen LogP contribution in [-0.2, 0) is 0 Å². The monoisotopic (exact) mass is 324 g/mol. The second kappa shape index (κ2) is 6.59. The van der Waals surface area contributed by atoms with Crippen LogP contribution in [0.5, 0.6) is 11.5 Å². The summed E-state index contributed by atoms with van der Waals surface area (Å²) in [4.78, 5) is 0. The number of halogens is 2. The Morgan fingerprint density at radius 2 is 1.67 bits per heavy atom. The molecule has 0 aliphatic heterocycles. The maximum atomic E-state index is 6.68. The van der Waals surface area contributed by atoms with Crippen molar-refractivity contribution < 1.29 is 9.47 Å². The van der Waals surface area contributed by atoms with Crippen molar-refractivity contribution in [3.63, 3.8) is 0 Å². The van der Waals surface area contributed by atoms with E-state index in [-0.39, 0.29) is 5.38 Å². The third-order valence-electron chi connectivity index (χ3n) is 3.50. The van der Waals surface area contributed by atoms with Gasteiger partial charge in [0.05, 0.1) is 19.6 Å². The van der Waals surface area contributed by atoms with Gasteiger partial charge < -0.3 is 9.47 Å². The molecule has 2 nitrogen and oxygen atoms in total. The number of aryl methyl sites for hydroxylation is 2. The quantitative estimate of drug-likeness (QED) is 0.710. The van der Waals surface area contributed by atoms with E-state index in [0.717, 1.165) is 16.7 Å². The lowest BCUT2D eigenvalue weighted by Gasteiger charge is -2.19. The molecule has 2 aromatic carbocycles. The van der Waals surface area contributed by atoms with E-state index in [2.05, 4.69) is 18.2 Å². The van der Waals surface area contributed by atoms with Gasteiger partial charge in [0, 0.05) is 5.56 Å². The second-order valence-corrected chi connectivity index (χ2v) is 5.74. The highest BCUT2D eigenvalue weighted by molar-refractivity contribution is 6.34. The first kappa shape index (κ1) is 16.0. The number of alkyl halides is 1. The summed E-state index contributed by atoms with van der Waals surface area (Å²) in [5, 5.41) is 0.108. The largest absolute Gasteiger partial charge is 0.495 e. The number of benzene rings is 2. The average Bonchev–Trinajstić information content (AvgIpc) is 2.48. The maximum absolute atomic E-state index is 6.68. The molecule has 0 heterocycles. The van der Waals surface area contributed by atoms with Gasteiger partial charge in [0.25, 0.3) is 0 Å². The molecule has 0 aliphatic carbocycles. The van der Waals surface area contributed by atoms with Gasteiger partial charge >= 0.3 is 0 Å². The Kier molecular flexibility index (Phi) is 5.02. The van der Waals surface area contributed by atoms with Crippen LogP contribution in [0, 0.1) is 13.8 Å². The van der Waals surface area contributed by atoms with Gasteiger partial charge in [-0.25, -0.2) is 0 Å². The van der Waals surface area contributed by atoms with Crippen molar-refractivity contribution in [2.24, 2.45) is 0 Å². The standard InChI is InChI=1S/C17H18Cl2O2/c1-10-5-6-11(2)13(9-10)15(18)12-7-8-14(20-3)16(19)17(12)21-4/h5-9,15H,1-4H3. The first-order valence-electron chi connectivity index (χ1n) is 6.61. The van der Waals surface area contributed by atoms with Crippen LogP contribution in [0.3, 0.4) is 0 Å². The van der Waals surface area contributed by atoms with Crippen LogP contribution in [0.1, 0.15) is 27.6 Å². The van der Waals surface area contributed by atoms with Crippen LogP contribution in [0.4, 0.5) is 0 Å². The molecule has 0 amide bonds. The Bertz CT molecular complexity index is 653. The van der Waals surface area contributed by atoms with Crippen molar-refractivity contribution in [2.45, 2.75) is 19.2 Å². The highest BCUT2D eigenvalue weighted by Gasteiger charge is 2.21.